The van der Waals surface area contributed by atoms with E-state index in [0.717, 1.165) is 43.4 Å². The molecule has 3 rings (SSSR count). The lowest BCUT2D eigenvalue weighted by atomic mass is 10.1. The van der Waals surface area contributed by atoms with Crippen molar-refractivity contribution in [2.75, 3.05) is 32.5 Å². The topological polar surface area (TPSA) is 48.5 Å². The van der Waals surface area contributed by atoms with E-state index in [1.54, 1.807) is 11.3 Å². The van der Waals surface area contributed by atoms with Gasteiger partial charge in [0.05, 0.1) is 5.69 Å². The summed E-state index contributed by atoms with van der Waals surface area (Å²) in [4.78, 5) is 22.3. The SMILES string of the molecule is CN(C)CCC(=O)Nc1nc2c(s1)CN(Cc1ccccc1)CC2. The quantitative estimate of drug-likeness (QED) is 0.875. The fourth-order valence-electron chi connectivity index (χ4n) is 2.79. The maximum absolute atomic E-state index is 12.0. The average molecular weight is 344 g/mol. The molecule has 5 nitrogen and oxygen atoms in total. The van der Waals surface area contributed by atoms with Gasteiger partial charge in [0.25, 0.3) is 0 Å². The van der Waals surface area contributed by atoms with Gasteiger partial charge in [0.15, 0.2) is 5.13 Å². The molecule has 1 aromatic carbocycles. The molecule has 2 aromatic rings. The van der Waals surface area contributed by atoms with Gasteiger partial charge in [0.2, 0.25) is 5.91 Å². The van der Waals surface area contributed by atoms with Crippen LogP contribution < -0.4 is 5.32 Å². The number of amides is 1. The number of carbonyl (C=O) groups excluding carboxylic acids is 1. The number of hydrogen-bond acceptors (Lipinski definition) is 5. The fourth-order valence-corrected chi connectivity index (χ4v) is 3.85. The first kappa shape index (κ1) is 17.1. The fraction of sp³-hybridized carbons (Fsp3) is 0.444. The van der Waals surface area contributed by atoms with E-state index in [9.17, 15) is 4.79 Å². The average Bonchev–Trinajstić information content (AvgIpc) is 2.95. The number of fused-ring (bicyclic) bond motifs is 1. The minimum absolute atomic E-state index is 0.0379. The van der Waals surface area contributed by atoms with E-state index in [1.165, 1.54) is 10.4 Å². The van der Waals surface area contributed by atoms with Gasteiger partial charge in [-0.15, -0.1) is 11.3 Å². The number of thiazole rings is 1. The van der Waals surface area contributed by atoms with Crippen LogP contribution in [0.3, 0.4) is 0 Å². The van der Waals surface area contributed by atoms with Crippen LogP contribution in [0.25, 0.3) is 0 Å². The molecule has 0 fully saturated rings. The van der Waals surface area contributed by atoms with Crippen LogP contribution in [0.1, 0.15) is 22.6 Å². The van der Waals surface area contributed by atoms with Gasteiger partial charge in [-0.3, -0.25) is 9.69 Å². The summed E-state index contributed by atoms with van der Waals surface area (Å²) in [5.41, 5.74) is 2.48. The van der Waals surface area contributed by atoms with Crippen LogP contribution in [0.2, 0.25) is 0 Å². The molecule has 1 N–H and O–H groups in total. The van der Waals surface area contributed by atoms with E-state index in [2.05, 4.69) is 39.5 Å². The summed E-state index contributed by atoms with van der Waals surface area (Å²) < 4.78 is 0. The zero-order valence-corrected chi connectivity index (χ0v) is 15.1. The maximum Gasteiger partial charge on any atom is 0.227 e. The number of anilines is 1. The normalized spacial score (nSPS) is 14.6. The Bertz CT molecular complexity index is 684. The van der Waals surface area contributed by atoms with E-state index < -0.39 is 0 Å². The van der Waals surface area contributed by atoms with E-state index >= 15 is 0 Å². The third-order valence-corrected chi connectivity index (χ3v) is 5.09. The van der Waals surface area contributed by atoms with Gasteiger partial charge in [-0.2, -0.15) is 0 Å². The third-order valence-electron chi connectivity index (χ3n) is 4.09. The minimum atomic E-state index is 0.0379. The molecule has 0 bridgehead atoms. The summed E-state index contributed by atoms with van der Waals surface area (Å²) in [5.74, 6) is 0.0379. The number of nitrogens with zero attached hydrogens (tertiary/aromatic N) is 3. The minimum Gasteiger partial charge on any atom is -0.309 e. The summed E-state index contributed by atoms with van der Waals surface area (Å²) in [6, 6.07) is 10.5. The van der Waals surface area contributed by atoms with Crippen molar-refractivity contribution in [2.45, 2.75) is 25.9 Å². The predicted molar refractivity (Wildman–Crippen MR) is 98.2 cm³/mol. The highest BCUT2D eigenvalue weighted by atomic mass is 32.1. The molecule has 0 spiro atoms. The third kappa shape index (κ3) is 4.63. The van der Waals surface area contributed by atoms with Gasteiger partial charge < -0.3 is 10.2 Å². The number of rotatable bonds is 6. The zero-order chi connectivity index (χ0) is 16.9. The molecule has 0 saturated carbocycles. The highest BCUT2D eigenvalue weighted by Gasteiger charge is 2.21. The monoisotopic (exact) mass is 344 g/mol. The predicted octanol–water partition coefficient (Wildman–Crippen LogP) is 2.59. The van der Waals surface area contributed by atoms with Crippen LogP contribution in [-0.4, -0.2) is 47.9 Å². The first-order chi connectivity index (χ1) is 11.6. The lowest BCUT2D eigenvalue weighted by Gasteiger charge is -2.25. The van der Waals surface area contributed by atoms with Gasteiger partial charge in [-0.05, 0) is 19.7 Å². The number of aromatic nitrogens is 1. The molecule has 0 aliphatic carbocycles. The van der Waals surface area contributed by atoms with Crippen LogP contribution in [-0.2, 0) is 24.3 Å². The summed E-state index contributed by atoms with van der Waals surface area (Å²) >= 11 is 1.61. The maximum atomic E-state index is 12.0. The Balaban J connectivity index is 1.57. The lowest BCUT2D eigenvalue weighted by Crippen LogP contribution is -2.29. The van der Waals surface area contributed by atoms with Crippen LogP contribution >= 0.6 is 11.3 Å². The molecular formula is C18H24N4OS. The van der Waals surface area contributed by atoms with Crippen LogP contribution in [0.4, 0.5) is 5.13 Å². The van der Waals surface area contributed by atoms with Crippen LogP contribution in [0, 0.1) is 0 Å². The summed E-state index contributed by atoms with van der Waals surface area (Å²) in [6.45, 7) is 3.64. The smallest absolute Gasteiger partial charge is 0.227 e. The molecule has 24 heavy (non-hydrogen) atoms. The molecule has 0 unspecified atom stereocenters. The number of carbonyl (C=O) groups is 1. The van der Waals surface area contributed by atoms with Crippen molar-refractivity contribution in [1.29, 1.82) is 0 Å². The van der Waals surface area contributed by atoms with Crippen molar-refractivity contribution in [3.63, 3.8) is 0 Å². The van der Waals surface area contributed by atoms with E-state index in [1.807, 2.05) is 25.1 Å². The van der Waals surface area contributed by atoms with Crippen LogP contribution in [0.15, 0.2) is 30.3 Å². The number of benzene rings is 1. The Hall–Kier alpha value is -1.76. The van der Waals surface area contributed by atoms with E-state index in [4.69, 9.17) is 0 Å². The summed E-state index contributed by atoms with van der Waals surface area (Å²) in [7, 11) is 3.94. The molecule has 6 heteroatoms. The molecule has 1 aromatic heterocycles. The molecule has 2 heterocycles. The Kier molecular flexibility index (Phi) is 5.60. The molecule has 0 radical (unpaired) electrons. The standard InChI is InChI=1S/C18H24N4OS/c1-21(2)10-9-17(23)20-18-19-15-8-11-22(13-16(15)24-18)12-14-6-4-3-5-7-14/h3-7H,8-13H2,1-2H3,(H,19,20,23). The molecule has 0 saturated heterocycles. The van der Waals surface area contributed by atoms with Gasteiger partial charge in [0, 0.05) is 43.9 Å². The molecule has 128 valence electrons. The largest absolute Gasteiger partial charge is 0.309 e. The molecule has 1 aliphatic heterocycles. The molecule has 1 aliphatic rings. The van der Waals surface area contributed by atoms with Gasteiger partial charge >= 0.3 is 0 Å². The summed E-state index contributed by atoms with van der Waals surface area (Å²) in [6.07, 6.45) is 1.45. The second-order valence-corrected chi connectivity index (χ2v) is 7.52. The van der Waals surface area contributed by atoms with Crippen molar-refractivity contribution < 1.29 is 4.79 Å². The van der Waals surface area contributed by atoms with Gasteiger partial charge in [-0.1, -0.05) is 30.3 Å². The highest BCUT2D eigenvalue weighted by Crippen LogP contribution is 2.29. The first-order valence-corrected chi connectivity index (χ1v) is 9.11. The van der Waals surface area contributed by atoms with Crippen molar-refractivity contribution in [2.24, 2.45) is 0 Å². The number of hydrogen-bond donors (Lipinski definition) is 1. The number of nitrogens with one attached hydrogen (secondary N) is 1. The highest BCUT2D eigenvalue weighted by molar-refractivity contribution is 7.15. The molecule has 0 atom stereocenters. The Morgan fingerprint density at radius 1 is 1.33 bits per heavy atom. The Morgan fingerprint density at radius 2 is 2.12 bits per heavy atom. The van der Waals surface area contributed by atoms with Gasteiger partial charge in [-0.25, -0.2) is 4.98 Å². The van der Waals surface area contributed by atoms with E-state index in [0.29, 0.717) is 6.42 Å². The van der Waals surface area contributed by atoms with Crippen molar-refractivity contribution in [3.8, 4) is 0 Å². The van der Waals surface area contributed by atoms with Gasteiger partial charge in [0.1, 0.15) is 0 Å². The molecular weight excluding hydrogens is 320 g/mol. The Labute approximate surface area is 147 Å². The second kappa shape index (κ2) is 7.88. The van der Waals surface area contributed by atoms with Crippen molar-refractivity contribution in [1.82, 2.24) is 14.8 Å². The van der Waals surface area contributed by atoms with Crippen LogP contribution in [0.5, 0.6) is 0 Å². The Morgan fingerprint density at radius 3 is 2.88 bits per heavy atom. The zero-order valence-electron chi connectivity index (χ0n) is 14.3. The second-order valence-electron chi connectivity index (χ2n) is 6.44. The van der Waals surface area contributed by atoms with E-state index in [-0.39, 0.29) is 5.91 Å². The van der Waals surface area contributed by atoms with Crippen molar-refractivity contribution in [3.05, 3.63) is 46.5 Å². The summed E-state index contributed by atoms with van der Waals surface area (Å²) in [5, 5.41) is 3.68. The molecule has 1 amide bonds. The first-order valence-electron chi connectivity index (χ1n) is 8.29. The van der Waals surface area contributed by atoms with Crippen molar-refractivity contribution >= 4 is 22.4 Å². The lowest BCUT2D eigenvalue weighted by molar-refractivity contribution is -0.116.